The van der Waals surface area contributed by atoms with Crippen LogP contribution in [-0.4, -0.2) is 47.0 Å². The van der Waals surface area contributed by atoms with Crippen molar-refractivity contribution in [2.45, 2.75) is 32.0 Å². The first-order chi connectivity index (χ1) is 11.8. The molecule has 8 heteroatoms. The Morgan fingerprint density at radius 3 is 2.76 bits per heavy atom. The number of fused-ring (bicyclic) bond motifs is 1. The van der Waals surface area contributed by atoms with Gasteiger partial charge in [0.15, 0.2) is 17.0 Å². The van der Waals surface area contributed by atoms with Crippen molar-refractivity contribution in [3.8, 4) is 5.06 Å². The quantitative estimate of drug-likeness (QED) is 0.887. The van der Waals surface area contributed by atoms with Crippen LogP contribution in [0.2, 0.25) is 0 Å². The van der Waals surface area contributed by atoms with Crippen molar-refractivity contribution in [2.75, 3.05) is 7.11 Å². The molecule has 3 rings (SSSR count). The fourth-order valence-electron chi connectivity index (χ4n) is 3.24. The number of methoxy groups -OCH3 is 1. The molecule has 6 nitrogen and oxygen atoms in total. The number of carbonyl (C=O) groups excluding carboxylic acids is 2. The Kier molecular flexibility index (Phi) is 4.47. The number of alkyl halides is 1. The van der Waals surface area contributed by atoms with Crippen LogP contribution in [0.3, 0.4) is 0 Å². The number of rotatable bonds is 4. The lowest BCUT2D eigenvalue weighted by Crippen LogP contribution is -2.40. The predicted molar refractivity (Wildman–Crippen MR) is 88.4 cm³/mol. The Balaban J connectivity index is 2.03. The Labute approximate surface area is 147 Å². The highest BCUT2D eigenvalue weighted by molar-refractivity contribution is 7.15. The number of nitrogens with zero attached hydrogens (tertiary/aromatic N) is 1. The van der Waals surface area contributed by atoms with E-state index in [0.717, 1.165) is 17.4 Å². The fourth-order valence-corrected chi connectivity index (χ4v) is 4.00. The summed E-state index contributed by atoms with van der Waals surface area (Å²) < 4.78 is 19.0. The zero-order valence-electron chi connectivity index (χ0n) is 13.6. The second-order valence-corrected chi connectivity index (χ2v) is 6.90. The van der Waals surface area contributed by atoms with E-state index in [4.69, 9.17) is 9.84 Å². The van der Waals surface area contributed by atoms with E-state index < -0.39 is 24.0 Å². The van der Waals surface area contributed by atoms with Gasteiger partial charge in [-0.15, -0.1) is 0 Å². The fraction of sp³-hybridized carbons (Fsp3) is 0.353. The number of ether oxygens (including phenoxy) is 1. The summed E-state index contributed by atoms with van der Waals surface area (Å²) in [5, 5.41) is 9.70. The van der Waals surface area contributed by atoms with Gasteiger partial charge >= 0.3 is 5.97 Å². The standard InChI is InChI=1S/C17H16FNO5S/c1-8-9(6-15(21)22)10-5-13(20)11(18)7-12(10)19(8)17(23)14-3-4-16(24-2)25-14/h3-5,11-12H,6-7H2,1-2H3,(H,21,22). The maximum absolute atomic E-state index is 13.9. The molecular formula is C17H16FNO5S. The number of ketones is 1. The molecule has 25 heavy (non-hydrogen) atoms. The highest BCUT2D eigenvalue weighted by atomic mass is 32.1. The number of aliphatic carboxylic acids is 1. The summed E-state index contributed by atoms with van der Waals surface area (Å²) in [6, 6.07) is 2.60. The highest BCUT2D eigenvalue weighted by Crippen LogP contribution is 2.42. The zero-order valence-corrected chi connectivity index (χ0v) is 14.4. The molecule has 2 heterocycles. The highest BCUT2D eigenvalue weighted by Gasteiger charge is 2.44. The van der Waals surface area contributed by atoms with Crippen molar-refractivity contribution < 1.29 is 28.6 Å². The van der Waals surface area contributed by atoms with E-state index in [-0.39, 0.29) is 18.7 Å². The smallest absolute Gasteiger partial charge is 0.307 e. The minimum Gasteiger partial charge on any atom is -0.487 e. The molecule has 1 amide bonds. The van der Waals surface area contributed by atoms with E-state index in [9.17, 15) is 18.8 Å². The molecule has 2 atom stereocenters. The third kappa shape index (κ3) is 2.97. The summed E-state index contributed by atoms with van der Waals surface area (Å²) >= 11 is 1.15. The van der Waals surface area contributed by atoms with Gasteiger partial charge in [-0.05, 0) is 36.3 Å². The first kappa shape index (κ1) is 17.3. The molecule has 0 spiro atoms. The Hall–Kier alpha value is -2.48. The molecule has 0 bridgehead atoms. The molecule has 0 saturated heterocycles. The zero-order chi connectivity index (χ0) is 18.3. The van der Waals surface area contributed by atoms with E-state index >= 15 is 0 Å². The molecule has 2 unspecified atom stereocenters. The van der Waals surface area contributed by atoms with Crippen LogP contribution in [0.25, 0.3) is 0 Å². The first-order valence-corrected chi connectivity index (χ1v) is 8.44. The van der Waals surface area contributed by atoms with E-state index in [1.54, 1.807) is 19.1 Å². The molecule has 1 aliphatic carbocycles. The third-order valence-corrected chi connectivity index (χ3v) is 5.43. The third-order valence-electron chi connectivity index (χ3n) is 4.39. The van der Waals surface area contributed by atoms with Crippen LogP contribution in [0.15, 0.2) is 35.1 Å². The van der Waals surface area contributed by atoms with Crippen LogP contribution < -0.4 is 4.74 Å². The number of carboxylic acid groups (broad SMARTS) is 1. The topological polar surface area (TPSA) is 83.9 Å². The van der Waals surface area contributed by atoms with Gasteiger partial charge in [0.2, 0.25) is 0 Å². The molecule has 0 saturated carbocycles. The van der Waals surface area contributed by atoms with Crippen molar-refractivity contribution in [1.29, 1.82) is 0 Å². The molecule has 1 aromatic heterocycles. The van der Waals surface area contributed by atoms with Gasteiger partial charge in [0.05, 0.1) is 24.4 Å². The molecule has 0 radical (unpaired) electrons. The molecule has 1 aliphatic heterocycles. The van der Waals surface area contributed by atoms with Gasteiger partial charge < -0.3 is 14.7 Å². The Morgan fingerprint density at radius 2 is 2.16 bits per heavy atom. The van der Waals surface area contributed by atoms with Crippen molar-refractivity contribution >= 4 is 29.0 Å². The molecule has 0 fully saturated rings. The van der Waals surface area contributed by atoms with E-state index in [0.29, 0.717) is 26.8 Å². The van der Waals surface area contributed by atoms with Gasteiger partial charge in [0, 0.05) is 12.1 Å². The number of halogens is 1. The summed E-state index contributed by atoms with van der Waals surface area (Å²) in [7, 11) is 1.49. The number of carbonyl (C=O) groups is 3. The van der Waals surface area contributed by atoms with Crippen LogP contribution in [0, 0.1) is 0 Å². The monoisotopic (exact) mass is 365 g/mol. The summed E-state index contributed by atoms with van der Waals surface area (Å²) in [5.41, 5.74) is 1.27. The molecular weight excluding hydrogens is 349 g/mol. The molecule has 2 aliphatic rings. The summed E-state index contributed by atoms with van der Waals surface area (Å²) in [4.78, 5) is 37.6. The first-order valence-electron chi connectivity index (χ1n) is 7.62. The number of amides is 1. The van der Waals surface area contributed by atoms with Crippen LogP contribution in [0.4, 0.5) is 4.39 Å². The lowest BCUT2D eigenvalue weighted by molar-refractivity contribution is -0.136. The minimum atomic E-state index is -1.70. The summed E-state index contributed by atoms with van der Waals surface area (Å²) in [5.74, 6) is -2.12. The maximum atomic E-state index is 13.9. The van der Waals surface area contributed by atoms with Crippen LogP contribution in [0.1, 0.15) is 29.4 Å². The van der Waals surface area contributed by atoms with E-state index in [2.05, 4.69) is 0 Å². The van der Waals surface area contributed by atoms with Crippen LogP contribution in [0.5, 0.6) is 5.06 Å². The molecule has 1 N–H and O–H groups in total. The van der Waals surface area contributed by atoms with Crippen LogP contribution >= 0.6 is 11.3 Å². The average Bonchev–Trinajstić information content (AvgIpc) is 3.12. The van der Waals surface area contributed by atoms with Gasteiger partial charge in [0.1, 0.15) is 0 Å². The van der Waals surface area contributed by atoms with Gasteiger partial charge in [-0.2, -0.15) is 0 Å². The van der Waals surface area contributed by atoms with Gasteiger partial charge in [-0.25, -0.2) is 4.39 Å². The van der Waals surface area contributed by atoms with Crippen LogP contribution in [-0.2, 0) is 9.59 Å². The molecule has 132 valence electrons. The van der Waals surface area contributed by atoms with E-state index in [1.807, 2.05) is 0 Å². The number of thiophene rings is 1. The second-order valence-electron chi connectivity index (χ2n) is 5.85. The normalized spacial score (nSPS) is 22.8. The average molecular weight is 365 g/mol. The van der Waals surface area contributed by atoms with Crippen molar-refractivity contribution in [2.24, 2.45) is 0 Å². The second kappa shape index (κ2) is 6.44. The Morgan fingerprint density at radius 1 is 1.44 bits per heavy atom. The number of allylic oxidation sites excluding steroid dienone is 2. The predicted octanol–water partition coefficient (Wildman–Crippen LogP) is 2.57. The lowest BCUT2D eigenvalue weighted by Gasteiger charge is -2.29. The largest absolute Gasteiger partial charge is 0.487 e. The van der Waals surface area contributed by atoms with Gasteiger partial charge in [-0.3, -0.25) is 14.4 Å². The van der Waals surface area contributed by atoms with E-state index in [1.165, 1.54) is 12.0 Å². The number of hydrogen-bond donors (Lipinski definition) is 1. The van der Waals surface area contributed by atoms with Crippen molar-refractivity contribution in [3.63, 3.8) is 0 Å². The summed E-state index contributed by atoms with van der Waals surface area (Å²) in [6.07, 6.45) is -1.04. The maximum Gasteiger partial charge on any atom is 0.307 e. The summed E-state index contributed by atoms with van der Waals surface area (Å²) in [6.45, 7) is 1.62. The lowest BCUT2D eigenvalue weighted by atomic mass is 9.88. The molecule has 0 aromatic carbocycles. The van der Waals surface area contributed by atoms with Gasteiger partial charge in [0.25, 0.3) is 5.91 Å². The number of carboxylic acids is 1. The van der Waals surface area contributed by atoms with Crippen molar-refractivity contribution in [1.82, 2.24) is 4.90 Å². The van der Waals surface area contributed by atoms with Gasteiger partial charge in [-0.1, -0.05) is 11.3 Å². The number of hydrogen-bond acceptors (Lipinski definition) is 5. The molecule has 1 aromatic rings. The minimum absolute atomic E-state index is 0.167. The SMILES string of the molecule is COc1ccc(C(=O)N2C(C)=C(CC(=O)O)C3=CC(=O)C(F)CC32)s1. The Bertz CT molecular complexity index is 825. The van der Waals surface area contributed by atoms with Crippen molar-refractivity contribution in [3.05, 3.63) is 39.9 Å².